The summed E-state index contributed by atoms with van der Waals surface area (Å²) in [6, 6.07) is 16.9. The van der Waals surface area contributed by atoms with Crippen molar-refractivity contribution in [2.45, 2.75) is 128 Å². The van der Waals surface area contributed by atoms with E-state index < -0.39 is 11.0 Å². The van der Waals surface area contributed by atoms with Gasteiger partial charge in [0, 0.05) is 37.1 Å². The maximum atomic E-state index is 14.7. The molecule has 3 atom stereocenters. The first-order valence-electron chi connectivity index (χ1n) is 18.5. The number of aromatic nitrogens is 2. The summed E-state index contributed by atoms with van der Waals surface area (Å²) in [6.07, 6.45) is 10.8. The van der Waals surface area contributed by atoms with Crippen LogP contribution in [0, 0.1) is 24.1 Å². The lowest BCUT2D eigenvalue weighted by atomic mass is 9.70. The summed E-state index contributed by atoms with van der Waals surface area (Å²) in [6.45, 7) is 11.1. The molecule has 1 saturated carbocycles. The van der Waals surface area contributed by atoms with Crippen LogP contribution >= 0.6 is 0 Å². The van der Waals surface area contributed by atoms with Gasteiger partial charge < -0.3 is 14.8 Å². The standard InChI is InChI=1S/C40H54FN5O2/c1-28-42-34-12-5-6-13-35(34)46(28)27-29-24-32-14-15-33(25-29)45(32)23-20-39(30-10-9-11-31(41)26-30)18-21-44(22-19-39)37(48)40(16-7-8-17-40)43-36(47)38(2,3)4/h5-6,9-13,26,29,32-33H,7-8,14-25,27H2,1-4H3,(H,43,47)/t29?,32-,33+. The Hall–Kier alpha value is -3.26. The van der Waals surface area contributed by atoms with Crippen molar-refractivity contribution < 1.29 is 14.0 Å². The number of rotatable bonds is 8. The van der Waals surface area contributed by atoms with E-state index in [1.54, 1.807) is 6.07 Å². The van der Waals surface area contributed by atoms with Crippen LogP contribution in [-0.2, 0) is 21.5 Å². The Kier molecular flexibility index (Phi) is 8.93. The molecule has 48 heavy (non-hydrogen) atoms. The lowest BCUT2D eigenvalue weighted by Gasteiger charge is -2.47. The van der Waals surface area contributed by atoms with Gasteiger partial charge in [-0.25, -0.2) is 9.37 Å². The number of amides is 2. The van der Waals surface area contributed by atoms with Crippen LogP contribution in [-0.4, -0.2) is 68.4 Å². The number of halogens is 1. The summed E-state index contributed by atoms with van der Waals surface area (Å²) in [5.41, 5.74) is 1.86. The van der Waals surface area contributed by atoms with Gasteiger partial charge in [-0.2, -0.15) is 0 Å². The third-order valence-corrected chi connectivity index (χ3v) is 12.5. The Balaban J connectivity index is 1.04. The second-order valence-electron chi connectivity index (χ2n) is 16.5. The molecule has 4 aliphatic rings. The van der Waals surface area contributed by atoms with E-state index in [0.717, 1.165) is 62.1 Å². The van der Waals surface area contributed by atoms with Crippen LogP contribution in [0.5, 0.6) is 0 Å². The number of nitrogens with zero attached hydrogens (tertiary/aromatic N) is 4. The largest absolute Gasteiger partial charge is 0.341 e. The fourth-order valence-corrected chi connectivity index (χ4v) is 9.65. The van der Waals surface area contributed by atoms with Gasteiger partial charge in [-0.3, -0.25) is 14.5 Å². The van der Waals surface area contributed by atoms with Crippen molar-refractivity contribution in [2.24, 2.45) is 11.3 Å². The van der Waals surface area contributed by atoms with Gasteiger partial charge in [0.05, 0.1) is 11.0 Å². The molecule has 258 valence electrons. The lowest BCUT2D eigenvalue weighted by molar-refractivity contribution is -0.145. The van der Waals surface area contributed by atoms with Gasteiger partial charge in [-0.15, -0.1) is 0 Å². The zero-order valence-corrected chi connectivity index (χ0v) is 29.4. The van der Waals surface area contributed by atoms with E-state index in [0.29, 0.717) is 43.9 Å². The highest BCUT2D eigenvalue weighted by Gasteiger charge is 2.49. The monoisotopic (exact) mass is 655 g/mol. The molecule has 8 heteroatoms. The second kappa shape index (κ2) is 12.9. The van der Waals surface area contributed by atoms with Gasteiger partial charge in [0.25, 0.3) is 0 Å². The molecule has 7 rings (SSSR count). The normalized spacial score (nSPS) is 25.4. The van der Waals surface area contributed by atoms with Gasteiger partial charge in [0.15, 0.2) is 0 Å². The van der Waals surface area contributed by atoms with Crippen molar-refractivity contribution in [3.8, 4) is 0 Å². The Morgan fingerprint density at radius 3 is 2.31 bits per heavy atom. The highest BCUT2D eigenvalue weighted by Crippen LogP contribution is 2.44. The van der Waals surface area contributed by atoms with Gasteiger partial charge in [0.2, 0.25) is 11.8 Å². The topological polar surface area (TPSA) is 70.5 Å². The van der Waals surface area contributed by atoms with Crippen LogP contribution in [0.15, 0.2) is 48.5 Å². The van der Waals surface area contributed by atoms with Gasteiger partial charge in [-0.1, -0.05) is 57.9 Å². The smallest absolute Gasteiger partial charge is 0.248 e. The predicted octanol–water partition coefficient (Wildman–Crippen LogP) is 7.15. The minimum atomic E-state index is -0.797. The zero-order valence-electron chi connectivity index (χ0n) is 29.4. The SMILES string of the molecule is Cc1nc2ccccc2n1CC1C[C@H]2CC[C@@H](C1)N2CCC1(c2cccc(F)c2)CCN(C(=O)C2(NC(=O)C(C)(C)C)CCCC2)CC1. The van der Waals surface area contributed by atoms with Crippen molar-refractivity contribution in [3.63, 3.8) is 0 Å². The molecule has 2 aromatic carbocycles. The number of hydrogen-bond donors (Lipinski definition) is 1. The van der Waals surface area contributed by atoms with E-state index >= 15 is 0 Å². The third kappa shape index (κ3) is 6.30. The first kappa shape index (κ1) is 33.2. The number of carbonyl (C=O) groups is 2. The third-order valence-electron chi connectivity index (χ3n) is 12.5. The van der Waals surface area contributed by atoms with Crippen molar-refractivity contribution >= 4 is 22.8 Å². The van der Waals surface area contributed by atoms with E-state index in [-0.39, 0.29) is 23.0 Å². The zero-order chi connectivity index (χ0) is 33.7. The number of fused-ring (bicyclic) bond motifs is 3. The van der Waals surface area contributed by atoms with E-state index in [1.807, 2.05) is 31.7 Å². The summed E-state index contributed by atoms with van der Waals surface area (Å²) in [5, 5.41) is 3.21. The van der Waals surface area contributed by atoms with Gasteiger partial charge in [-0.05, 0) is 112 Å². The maximum Gasteiger partial charge on any atom is 0.248 e. The Morgan fingerprint density at radius 1 is 0.958 bits per heavy atom. The quantitative estimate of drug-likeness (QED) is 0.280. The molecule has 3 saturated heterocycles. The Labute approximate surface area is 285 Å². The van der Waals surface area contributed by atoms with Crippen molar-refractivity contribution in [2.75, 3.05) is 19.6 Å². The number of likely N-dealkylation sites (tertiary alicyclic amines) is 1. The van der Waals surface area contributed by atoms with E-state index in [4.69, 9.17) is 4.98 Å². The molecule has 2 amide bonds. The van der Waals surface area contributed by atoms with Crippen molar-refractivity contribution in [3.05, 3.63) is 65.7 Å². The average Bonchev–Trinajstić information content (AvgIpc) is 3.73. The molecule has 0 radical (unpaired) electrons. The molecular weight excluding hydrogens is 601 g/mol. The summed E-state index contributed by atoms with van der Waals surface area (Å²) in [5.74, 6) is 1.57. The number of piperidine rings is 2. The van der Waals surface area contributed by atoms with Crippen LogP contribution in [0.2, 0.25) is 0 Å². The Bertz CT molecular complexity index is 1630. The molecule has 3 aliphatic heterocycles. The summed E-state index contributed by atoms with van der Waals surface area (Å²) >= 11 is 0. The molecule has 4 heterocycles. The summed E-state index contributed by atoms with van der Waals surface area (Å²) in [4.78, 5) is 36.8. The Morgan fingerprint density at radius 2 is 1.65 bits per heavy atom. The van der Waals surface area contributed by atoms with E-state index in [9.17, 15) is 14.0 Å². The van der Waals surface area contributed by atoms with Crippen molar-refractivity contribution in [1.82, 2.24) is 24.7 Å². The fraction of sp³-hybridized carbons (Fsp3) is 0.625. The highest BCUT2D eigenvalue weighted by molar-refractivity contribution is 5.93. The molecular formula is C40H54FN5O2. The molecule has 1 N–H and O–H groups in total. The molecule has 2 bridgehead atoms. The van der Waals surface area contributed by atoms with Crippen LogP contribution in [0.3, 0.4) is 0 Å². The fourth-order valence-electron chi connectivity index (χ4n) is 9.65. The number of imidazole rings is 1. The number of benzene rings is 2. The van der Waals surface area contributed by atoms with Crippen LogP contribution in [0.25, 0.3) is 11.0 Å². The summed E-state index contributed by atoms with van der Waals surface area (Å²) in [7, 11) is 0. The number of aryl methyl sites for hydroxylation is 1. The second-order valence-corrected chi connectivity index (χ2v) is 16.5. The number of para-hydroxylation sites is 2. The summed E-state index contributed by atoms with van der Waals surface area (Å²) < 4.78 is 17.1. The number of hydrogen-bond acceptors (Lipinski definition) is 4. The highest BCUT2D eigenvalue weighted by atomic mass is 19.1. The van der Waals surface area contributed by atoms with Crippen molar-refractivity contribution in [1.29, 1.82) is 0 Å². The minimum Gasteiger partial charge on any atom is -0.341 e. The maximum absolute atomic E-state index is 14.7. The minimum absolute atomic E-state index is 0.0595. The van der Waals surface area contributed by atoms with Crippen LogP contribution in [0.1, 0.15) is 103 Å². The van der Waals surface area contributed by atoms with E-state index in [2.05, 4.69) is 52.0 Å². The predicted molar refractivity (Wildman–Crippen MR) is 188 cm³/mol. The molecule has 3 aromatic rings. The van der Waals surface area contributed by atoms with E-state index in [1.165, 1.54) is 37.3 Å². The number of nitrogens with one attached hydrogen (secondary N) is 1. The first-order valence-corrected chi connectivity index (χ1v) is 18.5. The van der Waals surface area contributed by atoms with Crippen LogP contribution in [0.4, 0.5) is 4.39 Å². The molecule has 0 spiro atoms. The molecule has 1 aliphatic carbocycles. The molecule has 1 aromatic heterocycles. The lowest BCUT2D eigenvalue weighted by Crippen LogP contribution is -2.61. The molecule has 4 fully saturated rings. The molecule has 7 nitrogen and oxygen atoms in total. The van der Waals surface area contributed by atoms with Gasteiger partial charge in [0.1, 0.15) is 17.2 Å². The average molecular weight is 656 g/mol. The first-order chi connectivity index (χ1) is 23.0. The van der Waals surface area contributed by atoms with Crippen LogP contribution < -0.4 is 5.32 Å². The van der Waals surface area contributed by atoms with Gasteiger partial charge >= 0.3 is 0 Å². The number of carbonyl (C=O) groups excluding carboxylic acids is 2. The molecule has 1 unspecified atom stereocenters.